The number of nitrogens with one attached hydrogen (secondary N) is 1. The smallest absolute Gasteiger partial charge is 0.363 e. The van der Waals surface area contributed by atoms with Crippen molar-refractivity contribution in [2.75, 3.05) is 13.1 Å². The minimum atomic E-state index is -2.13. The number of amides is 1. The molecule has 9 nitrogen and oxygen atoms in total. The van der Waals surface area contributed by atoms with Crippen molar-refractivity contribution in [3.63, 3.8) is 0 Å². The number of aliphatic hydroxyl groups is 2. The summed E-state index contributed by atoms with van der Waals surface area (Å²) >= 11 is 0. The zero-order chi connectivity index (χ0) is 13.5. The molecule has 0 aliphatic carbocycles. The van der Waals surface area contributed by atoms with Crippen LogP contribution >= 0.6 is 0 Å². The fourth-order valence-corrected chi connectivity index (χ4v) is 1.36. The quantitative estimate of drug-likeness (QED) is 0.353. The predicted octanol–water partition coefficient (Wildman–Crippen LogP) is -2.53. The second-order valence-corrected chi connectivity index (χ2v) is 3.59. The maximum atomic E-state index is 11.3. The summed E-state index contributed by atoms with van der Waals surface area (Å²) in [4.78, 5) is 40.9. The molecule has 0 aromatic carbocycles. The van der Waals surface area contributed by atoms with Crippen LogP contribution < -0.4 is 5.48 Å². The van der Waals surface area contributed by atoms with Gasteiger partial charge in [0.05, 0.1) is 0 Å². The second-order valence-electron chi connectivity index (χ2n) is 3.59. The Morgan fingerprint density at radius 1 is 1.17 bits per heavy atom. The maximum Gasteiger partial charge on any atom is 0.363 e. The summed E-state index contributed by atoms with van der Waals surface area (Å²) in [6.45, 7) is 1.07. The summed E-state index contributed by atoms with van der Waals surface area (Å²) in [5.41, 5.74) is 1.53. The third-order valence-corrected chi connectivity index (χ3v) is 2.27. The Hall–Kier alpha value is -1.71. The molecule has 102 valence electrons. The van der Waals surface area contributed by atoms with Crippen LogP contribution in [0.2, 0.25) is 0 Å². The Labute approximate surface area is 102 Å². The van der Waals surface area contributed by atoms with E-state index in [4.69, 9.17) is 4.84 Å². The highest BCUT2D eigenvalue weighted by Crippen LogP contribution is 2.09. The highest BCUT2D eigenvalue weighted by Gasteiger charge is 2.35. The van der Waals surface area contributed by atoms with Gasteiger partial charge in [0, 0.05) is 13.1 Å². The molecule has 1 rings (SSSR count). The van der Waals surface area contributed by atoms with Crippen LogP contribution in [0.25, 0.3) is 0 Å². The van der Waals surface area contributed by atoms with Gasteiger partial charge in [0.2, 0.25) is 6.41 Å². The molecule has 1 fully saturated rings. The molecule has 9 heteroatoms. The van der Waals surface area contributed by atoms with Crippen LogP contribution in [0.15, 0.2) is 0 Å². The number of aliphatic hydroxyl groups excluding tert-OH is 2. The molecule has 0 bridgehead atoms. The lowest BCUT2D eigenvalue weighted by atomic mass is 10.2. The molecule has 2 atom stereocenters. The van der Waals surface area contributed by atoms with Crippen LogP contribution in [0.4, 0.5) is 0 Å². The average molecular weight is 262 g/mol. The first-order chi connectivity index (χ1) is 8.56. The third-order valence-electron chi connectivity index (χ3n) is 2.27. The summed E-state index contributed by atoms with van der Waals surface area (Å²) < 4.78 is 0. The molecular formula is C9H14N2O7. The summed E-state index contributed by atoms with van der Waals surface area (Å²) in [5, 5.41) is 19.9. The predicted molar refractivity (Wildman–Crippen MR) is 54.2 cm³/mol. The van der Waals surface area contributed by atoms with Gasteiger partial charge in [-0.2, -0.15) is 5.48 Å². The van der Waals surface area contributed by atoms with Crippen molar-refractivity contribution in [1.29, 1.82) is 0 Å². The molecule has 0 spiro atoms. The molecular weight excluding hydrogens is 248 g/mol. The van der Waals surface area contributed by atoms with Gasteiger partial charge in [-0.15, -0.1) is 5.06 Å². The van der Waals surface area contributed by atoms with E-state index in [0.717, 1.165) is 12.8 Å². The van der Waals surface area contributed by atoms with E-state index in [2.05, 4.69) is 4.84 Å². The Balaban J connectivity index is 2.40. The molecule has 1 aliphatic rings. The number of rotatable bonds is 6. The van der Waals surface area contributed by atoms with E-state index in [0.29, 0.717) is 13.1 Å². The van der Waals surface area contributed by atoms with Crippen LogP contribution in [0, 0.1) is 0 Å². The van der Waals surface area contributed by atoms with Gasteiger partial charge >= 0.3 is 11.9 Å². The Bertz CT molecular complexity index is 316. The van der Waals surface area contributed by atoms with E-state index in [1.807, 2.05) is 0 Å². The normalized spacial score (nSPS) is 18.8. The molecule has 1 saturated heterocycles. The van der Waals surface area contributed by atoms with Crippen LogP contribution in [0.1, 0.15) is 12.8 Å². The lowest BCUT2D eigenvalue weighted by Crippen LogP contribution is -2.44. The minimum absolute atomic E-state index is 0.0551. The van der Waals surface area contributed by atoms with E-state index >= 15 is 0 Å². The van der Waals surface area contributed by atoms with Gasteiger partial charge in [-0.05, 0) is 12.8 Å². The average Bonchev–Trinajstić information content (AvgIpc) is 2.86. The largest absolute Gasteiger partial charge is 0.379 e. The van der Waals surface area contributed by atoms with E-state index in [1.165, 1.54) is 10.5 Å². The maximum absolute atomic E-state index is 11.3. The highest BCUT2D eigenvalue weighted by atomic mass is 16.7. The van der Waals surface area contributed by atoms with Crippen molar-refractivity contribution in [3.05, 3.63) is 0 Å². The third kappa shape index (κ3) is 3.95. The molecule has 1 heterocycles. The Morgan fingerprint density at radius 2 is 1.72 bits per heavy atom. The van der Waals surface area contributed by atoms with Crippen molar-refractivity contribution in [2.45, 2.75) is 25.0 Å². The Morgan fingerprint density at radius 3 is 2.28 bits per heavy atom. The van der Waals surface area contributed by atoms with Gasteiger partial charge in [-0.3, -0.25) is 4.79 Å². The number of carbonyl (C=O) groups is 3. The standard InChI is InChI=1S/C9H14N2O7/c12-5-10-17-8(15)6(13)7(14)9(16)18-11-3-1-2-4-11/h5-7,13-14H,1-4H2,(H,10,12)/t6-,7-/m0/s1. The summed E-state index contributed by atoms with van der Waals surface area (Å²) in [7, 11) is 0. The molecule has 0 aromatic heterocycles. The van der Waals surface area contributed by atoms with Gasteiger partial charge in [-0.25, -0.2) is 9.59 Å². The van der Waals surface area contributed by atoms with Crippen LogP contribution in [-0.2, 0) is 24.1 Å². The minimum Gasteiger partial charge on any atom is -0.379 e. The van der Waals surface area contributed by atoms with Crippen LogP contribution in [0.3, 0.4) is 0 Å². The fraction of sp³-hybridized carbons (Fsp3) is 0.667. The summed E-state index contributed by atoms with van der Waals surface area (Å²) in [6.07, 6.45) is -2.44. The van der Waals surface area contributed by atoms with Gasteiger partial charge in [0.25, 0.3) is 0 Å². The highest BCUT2D eigenvalue weighted by molar-refractivity contribution is 5.85. The second kappa shape index (κ2) is 6.89. The molecule has 0 radical (unpaired) electrons. The van der Waals surface area contributed by atoms with Gasteiger partial charge in [0.1, 0.15) is 0 Å². The van der Waals surface area contributed by atoms with E-state index in [9.17, 15) is 24.6 Å². The summed E-state index contributed by atoms with van der Waals surface area (Å²) in [6, 6.07) is 0. The zero-order valence-corrected chi connectivity index (χ0v) is 9.44. The molecule has 0 aromatic rings. The number of hydrogen-bond donors (Lipinski definition) is 3. The van der Waals surface area contributed by atoms with Crippen molar-refractivity contribution in [1.82, 2.24) is 10.5 Å². The first-order valence-corrected chi connectivity index (χ1v) is 5.29. The van der Waals surface area contributed by atoms with Gasteiger partial charge in [0.15, 0.2) is 12.2 Å². The fourth-order valence-electron chi connectivity index (χ4n) is 1.36. The lowest BCUT2D eigenvalue weighted by molar-refractivity contribution is -0.204. The monoisotopic (exact) mass is 262 g/mol. The first-order valence-electron chi connectivity index (χ1n) is 5.29. The van der Waals surface area contributed by atoms with Crippen molar-refractivity contribution < 1.29 is 34.3 Å². The van der Waals surface area contributed by atoms with Crippen molar-refractivity contribution >= 4 is 18.3 Å². The number of hydroxylamine groups is 3. The molecule has 0 saturated carbocycles. The zero-order valence-electron chi connectivity index (χ0n) is 9.44. The van der Waals surface area contributed by atoms with Crippen LogP contribution in [0.5, 0.6) is 0 Å². The molecule has 3 N–H and O–H groups in total. The topological polar surface area (TPSA) is 125 Å². The molecule has 18 heavy (non-hydrogen) atoms. The van der Waals surface area contributed by atoms with Crippen molar-refractivity contribution in [2.24, 2.45) is 0 Å². The van der Waals surface area contributed by atoms with Crippen molar-refractivity contribution in [3.8, 4) is 0 Å². The number of hydrogen-bond acceptors (Lipinski definition) is 8. The first kappa shape index (κ1) is 14.4. The number of nitrogens with zero attached hydrogens (tertiary/aromatic N) is 1. The number of carbonyl (C=O) groups excluding carboxylic acids is 3. The van der Waals surface area contributed by atoms with Gasteiger partial charge in [-0.1, -0.05) is 0 Å². The SMILES string of the molecule is O=CNOC(=O)[C@@H](O)[C@H](O)C(=O)ON1CCCC1. The molecule has 1 aliphatic heterocycles. The molecule has 0 unspecified atom stereocenters. The van der Waals surface area contributed by atoms with Gasteiger partial charge < -0.3 is 19.9 Å². The van der Waals surface area contributed by atoms with Crippen LogP contribution in [-0.4, -0.2) is 58.9 Å². The Kier molecular flexibility index (Phi) is 5.49. The van der Waals surface area contributed by atoms with E-state index in [1.54, 1.807) is 0 Å². The van der Waals surface area contributed by atoms with E-state index < -0.39 is 24.1 Å². The summed E-state index contributed by atoms with van der Waals surface area (Å²) in [5.74, 6) is -2.53. The van der Waals surface area contributed by atoms with E-state index in [-0.39, 0.29) is 6.41 Å². The lowest BCUT2D eigenvalue weighted by Gasteiger charge is -2.19. The molecule has 1 amide bonds.